The summed E-state index contributed by atoms with van der Waals surface area (Å²) >= 11 is 0. The molecule has 23 heavy (non-hydrogen) atoms. The zero-order valence-electron chi connectivity index (χ0n) is 13.9. The van der Waals surface area contributed by atoms with E-state index in [1.165, 1.54) is 12.1 Å². The van der Waals surface area contributed by atoms with E-state index in [0.29, 0.717) is 30.4 Å². The van der Waals surface area contributed by atoms with Crippen molar-refractivity contribution in [2.45, 2.75) is 39.2 Å². The van der Waals surface area contributed by atoms with Gasteiger partial charge in [-0.15, -0.1) is 0 Å². The first-order valence-electron chi connectivity index (χ1n) is 7.95. The summed E-state index contributed by atoms with van der Waals surface area (Å²) in [5, 5.41) is 5.71. The smallest absolute Gasteiger partial charge is 0.412 e. The molecule has 2 N–H and O–H groups in total. The number of nitrogens with one attached hydrogen (secondary N) is 2. The van der Waals surface area contributed by atoms with Crippen LogP contribution >= 0.6 is 0 Å². The van der Waals surface area contributed by atoms with E-state index in [-0.39, 0.29) is 5.82 Å². The molecule has 1 unspecified atom stereocenters. The summed E-state index contributed by atoms with van der Waals surface area (Å²) in [6.45, 7) is 7.51. The van der Waals surface area contributed by atoms with Crippen LogP contribution in [0.2, 0.25) is 0 Å². The van der Waals surface area contributed by atoms with Crippen molar-refractivity contribution in [3.05, 3.63) is 24.0 Å². The molecule has 0 saturated carbocycles. The summed E-state index contributed by atoms with van der Waals surface area (Å²) in [5.41, 5.74) is 0.277. The number of amides is 1. The number of rotatable bonds is 4. The van der Waals surface area contributed by atoms with Crippen LogP contribution < -0.4 is 10.6 Å². The lowest BCUT2D eigenvalue weighted by molar-refractivity contribution is 0.0595. The summed E-state index contributed by atoms with van der Waals surface area (Å²) in [6.07, 6.45) is 1.55. The van der Waals surface area contributed by atoms with Crippen LogP contribution in [0.25, 0.3) is 0 Å². The number of hydrogen-bond donors (Lipinski definition) is 2. The molecule has 1 saturated heterocycles. The zero-order chi connectivity index (χ0) is 16.9. The Hall–Kier alpha value is -1.82. The number of carbonyl (C=O) groups is 1. The maximum Gasteiger partial charge on any atom is 0.412 e. The van der Waals surface area contributed by atoms with Gasteiger partial charge in [0.2, 0.25) is 0 Å². The molecule has 1 heterocycles. The Balaban J connectivity index is 1.93. The van der Waals surface area contributed by atoms with Crippen LogP contribution in [-0.2, 0) is 9.47 Å². The summed E-state index contributed by atoms with van der Waals surface area (Å²) in [7, 11) is 0. The normalized spacial score (nSPS) is 18.3. The first kappa shape index (κ1) is 17.5. The largest absolute Gasteiger partial charge is 0.444 e. The van der Waals surface area contributed by atoms with Gasteiger partial charge in [-0.25, -0.2) is 9.18 Å². The Kier molecular flexibility index (Phi) is 5.82. The Labute approximate surface area is 136 Å². The Morgan fingerprint density at radius 3 is 2.87 bits per heavy atom. The number of anilines is 2. The molecule has 5 nitrogen and oxygen atoms in total. The van der Waals surface area contributed by atoms with Crippen molar-refractivity contribution in [2.75, 3.05) is 30.4 Å². The Morgan fingerprint density at radius 2 is 2.22 bits per heavy atom. The molecule has 1 amide bonds. The number of halogens is 1. The molecule has 1 atom stereocenters. The molecular formula is C17H25FN2O3. The molecule has 1 aromatic rings. The summed E-state index contributed by atoms with van der Waals surface area (Å²) in [6, 6.07) is 4.41. The van der Waals surface area contributed by atoms with Gasteiger partial charge in [-0.1, -0.05) is 0 Å². The fourth-order valence-electron chi connectivity index (χ4n) is 2.38. The molecule has 1 fully saturated rings. The first-order chi connectivity index (χ1) is 10.8. The number of hydrogen-bond acceptors (Lipinski definition) is 4. The lowest BCUT2D eigenvalue weighted by atomic mass is 10.0. The van der Waals surface area contributed by atoms with Crippen molar-refractivity contribution in [3.8, 4) is 0 Å². The van der Waals surface area contributed by atoms with Crippen LogP contribution in [0.5, 0.6) is 0 Å². The van der Waals surface area contributed by atoms with E-state index in [4.69, 9.17) is 9.47 Å². The van der Waals surface area contributed by atoms with Gasteiger partial charge in [0.15, 0.2) is 0 Å². The van der Waals surface area contributed by atoms with Crippen molar-refractivity contribution in [3.63, 3.8) is 0 Å². The maximum absolute atomic E-state index is 13.9. The lowest BCUT2D eigenvalue weighted by Crippen LogP contribution is -2.27. The van der Waals surface area contributed by atoms with E-state index in [9.17, 15) is 9.18 Å². The number of carbonyl (C=O) groups excluding carboxylic acids is 1. The highest BCUT2D eigenvalue weighted by Crippen LogP contribution is 2.22. The maximum atomic E-state index is 13.9. The third-order valence-electron chi connectivity index (χ3n) is 3.45. The molecule has 0 spiro atoms. The topological polar surface area (TPSA) is 59.6 Å². The molecule has 0 aliphatic carbocycles. The second kappa shape index (κ2) is 7.64. The van der Waals surface area contributed by atoms with E-state index >= 15 is 0 Å². The highest BCUT2D eigenvalue weighted by molar-refractivity contribution is 5.85. The van der Waals surface area contributed by atoms with Crippen LogP contribution in [0.3, 0.4) is 0 Å². The van der Waals surface area contributed by atoms with Gasteiger partial charge >= 0.3 is 6.09 Å². The molecule has 0 bridgehead atoms. The van der Waals surface area contributed by atoms with Crippen molar-refractivity contribution in [1.29, 1.82) is 0 Å². The van der Waals surface area contributed by atoms with E-state index < -0.39 is 11.7 Å². The van der Waals surface area contributed by atoms with Crippen molar-refractivity contribution in [1.82, 2.24) is 0 Å². The van der Waals surface area contributed by atoms with Gasteiger partial charge in [0, 0.05) is 18.8 Å². The van der Waals surface area contributed by atoms with Crippen LogP contribution in [0.1, 0.15) is 33.6 Å². The monoisotopic (exact) mass is 324 g/mol. The fourth-order valence-corrected chi connectivity index (χ4v) is 2.38. The average Bonchev–Trinajstić information content (AvgIpc) is 2.47. The van der Waals surface area contributed by atoms with Gasteiger partial charge in [-0.2, -0.15) is 0 Å². The van der Waals surface area contributed by atoms with E-state index in [0.717, 1.165) is 19.4 Å². The van der Waals surface area contributed by atoms with Gasteiger partial charge in [0.1, 0.15) is 11.4 Å². The minimum atomic E-state index is -0.577. The number of ether oxygens (including phenoxy) is 2. The van der Waals surface area contributed by atoms with Crippen molar-refractivity contribution < 1.29 is 18.7 Å². The first-order valence-corrected chi connectivity index (χ1v) is 7.95. The quantitative estimate of drug-likeness (QED) is 0.878. The minimum absolute atomic E-state index is 0.350. The fraction of sp³-hybridized carbons (Fsp3) is 0.588. The predicted octanol–water partition coefficient (Wildman–Crippen LogP) is 4.01. The van der Waals surface area contributed by atoms with Crippen molar-refractivity contribution >= 4 is 17.5 Å². The predicted molar refractivity (Wildman–Crippen MR) is 88.3 cm³/mol. The van der Waals surface area contributed by atoms with Crippen molar-refractivity contribution in [2.24, 2.45) is 5.92 Å². The third kappa shape index (κ3) is 6.06. The molecular weight excluding hydrogens is 299 g/mol. The van der Waals surface area contributed by atoms with E-state index in [1.54, 1.807) is 26.8 Å². The van der Waals surface area contributed by atoms with Gasteiger partial charge in [0.05, 0.1) is 12.3 Å². The summed E-state index contributed by atoms with van der Waals surface area (Å²) in [5.74, 6) is 0.0297. The van der Waals surface area contributed by atoms with Crippen LogP contribution in [-0.4, -0.2) is 31.5 Å². The van der Waals surface area contributed by atoms with Gasteiger partial charge in [-0.05, 0) is 57.7 Å². The van der Waals surface area contributed by atoms with Crippen LogP contribution in [0.4, 0.5) is 20.6 Å². The van der Waals surface area contributed by atoms with Crippen LogP contribution in [0, 0.1) is 11.7 Å². The second-order valence-corrected chi connectivity index (χ2v) is 6.79. The van der Waals surface area contributed by atoms with Crippen LogP contribution in [0.15, 0.2) is 18.2 Å². The van der Waals surface area contributed by atoms with Gasteiger partial charge in [0.25, 0.3) is 0 Å². The summed E-state index contributed by atoms with van der Waals surface area (Å²) < 4.78 is 24.5. The molecule has 128 valence electrons. The molecule has 0 aromatic heterocycles. The van der Waals surface area contributed by atoms with E-state index in [2.05, 4.69) is 10.6 Å². The molecule has 0 radical (unpaired) electrons. The molecule has 1 aliphatic heterocycles. The van der Waals surface area contributed by atoms with E-state index in [1.807, 2.05) is 0 Å². The zero-order valence-corrected chi connectivity index (χ0v) is 13.9. The summed E-state index contributed by atoms with van der Waals surface area (Å²) in [4.78, 5) is 11.8. The second-order valence-electron chi connectivity index (χ2n) is 6.79. The van der Waals surface area contributed by atoms with Gasteiger partial charge < -0.3 is 14.8 Å². The average molecular weight is 324 g/mol. The molecule has 1 aliphatic rings. The standard InChI is InChI=1S/C17H25FN2O3/c1-17(2,3)23-16(21)20-13-6-7-14(18)15(9-13)19-10-12-5-4-8-22-11-12/h6-7,9,12,19H,4-5,8,10-11H2,1-3H3,(H,20,21). The minimum Gasteiger partial charge on any atom is -0.444 e. The Bertz CT molecular complexity index is 537. The number of benzene rings is 1. The third-order valence-corrected chi connectivity index (χ3v) is 3.45. The SMILES string of the molecule is CC(C)(C)OC(=O)Nc1ccc(F)c(NCC2CCCOC2)c1. The molecule has 2 rings (SSSR count). The Morgan fingerprint density at radius 1 is 1.43 bits per heavy atom. The molecule has 6 heteroatoms. The highest BCUT2D eigenvalue weighted by atomic mass is 19.1. The lowest BCUT2D eigenvalue weighted by Gasteiger charge is -2.23. The van der Waals surface area contributed by atoms with Gasteiger partial charge in [-0.3, -0.25) is 5.32 Å². The highest BCUT2D eigenvalue weighted by Gasteiger charge is 2.17. The molecule has 1 aromatic carbocycles.